The fraction of sp³-hybridized carbons (Fsp3) is 0.500. The Labute approximate surface area is 99.8 Å². The molecule has 1 aromatic rings. The molecule has 0 spiro atoms. The highest BCUT2D eigenvalue weighted by molar-refractivity contribution is 7.90. The number of anilines is 1. The Kier molecular flexibility index (Phi) is 4.45. The smallest absolute Gasteiger partial charge is 0.253 e. The van der Waals surface area contributed by atoms with Crippen LogP contribution in [-0.4, -0.2) is 36.0 Å². The molecule has 0 saturated carbocycles. The lowest BCUT2D eigenvalue weighted by molar-refractivity contribution is 0.449. The Morgan fingerprint density at radius 3 is 2.38 bits per heavy atom. The van der Waals surface area contributed by atoms with E-state index in [-0.39, 0.29) is 11.0 Å². The number of halogens is 1. The van der Waals surface area contributed by atoms with Crippen LogP contribution >= 0.6 is 11.6 Å². The van der Waals surface area contributed by atoms with Crippen LogP contribution in [0.2, 0.25) is 5.15 Å². The summed E-state index contributed by atoms with van der Waals surface area (Å²) in [6.07, 6.45) is 0. The van der Waals surface area contributed by atoms with Crippen LogP contribution in [0.5, 0.6) is 0 Å². The van der Waals surface area contributed by atoms with Crippen molar-refractivity contribution in [2.45, 2.75) is 13.8 Å². The van der Waals surface area contributed by atoms with E-state index in [4.69, 9.17) is 11.6 Å². The zero-order valence-corrected chi connectivity index (χ0v) is 10.6. The number of hydrogen-bond donors (Lipinski definition) is 1. The van der Waals surface area contributed by atoms with Gasteiger partial charge >= 0.3 is 10.2 Å². The van der Waals surface area contributed by atoms with E-state index in [9.17, 15) is 8.42 Å². The fourth-order valence-corrected chi connectivity index (χ4v) is 2.41. The Morgan fingerprint density at radius 1 is 1.31 bits per heavy atom. The number of hydrogen-bond acceptors (Lipinski definition) is 4. The molecule has 0 amide bonds. The maximum absolute atomic E-state index is 11.8. The average molecular weight is 265 g/mol. The van der Waals surface area contributed by atoms with Gasteiger partial charge in [-0.3, -0.25) is 4.72 Å². The summed E-state index contributed by atoms with van der Waals surface area (Å²) in [4.78, 5) is 0. The lowest BCUT2D eigenvalue weighted by Gasteiger charge is -2.18. The predicted octanol–water partition coefficient (Wildman–Crippen LogP) is 1.13. The summed E-state index contributed by atoms with van der Waals surface area (Å²) in [6.45, 7) is 4.31. The molecule has 0 aliphatic heterocycles. The van der Waals surface area contributed by atoms with Crippen LogP contribution in [0.4, 0.5) is 5.82 Å². The summed E-state index contributed by atoms with van der Waals surface area (Å²) in [5.41, 5.74) is 0. The third-order valence-corrected chi connectivity index (χ3v) is 3.78. The standard InChI is InChI=1S/C8H13ClN4O2S/c1-3-13(4-2)16(14,15)12-8-6-5-7(9)10-11-8/h5-6H,3-4H2,1-2H3,(H,11,12). The molecular weight excluding hydrogens is 252 g/mol. The molecule has 0 bridgehead atoms. The van der Waals surface area contributed by atoms with E-state index >= 15 is 0 Å². The van der Waals surface area contributed by atoms with Gasteiger partial charge in [0.1, 0.15) is 0 Å². The van der Waals surface area contributed by atoms with Gasteiger partial charge in [-0.05, 0) is 12.1 Å². The SMILES string of the molecule is CCN(CC)S(=O)(=O)Nc1ccc(Cl)nn1. The number of nitrogens with zero attached hydrogens (tertiary/aromatic N) is 3. The summed E-state index contributed by atoms with van der Waals surface area (Å²) in [5.74, 6) is 0.149. The Morgan fingerprint density at radius 2 is 1.94 bits per heavy atom. The Balaban J connectivity index is 2.84. The van der Waals surface area contributed by atoms with Crippen LogP contribution in [0.25, 0.3) is 0 Å². The molecule has 0 saturated heterocycles. The molecule has 0 aliphatic carbocycles. The maximum Gasteiger partial charge on any atom is 0.302 e. The number of nitrogens with one attached hydrogen (secondary N) is 1. The highest BCUT2D eigenvalue weighted by atomic mass is 35.5. The van der Waals surface area contributed by atoms with E-state index < -0.39 is 10.2 Å². The second kappa shape index (κ2) is 5.42. The van der Waals surface area contributed by atoms with Crippen molar-refractivity contribution in [3.63, 3.8) is 0 Å². The highest BCUT2D eigenvalue weighted by Gasteiger charge is 2.18. The summed E-state index contributed by atoms with van der Waals surface area (Å²) in [5, 5.41) is 7.37. The molecule has 1 aromatic heterocycles. The zero-order chi connectivity index (χ0) is 12.2. The molecule has 0 radical (unpaired) electrons. The van der Waals surface area contributed by atoms with Gasteiger partial charge in [-0.25, -0.2) is 0 Å². The molecule has 16 heavy (non-hydrogen) atoms. The van der Waals surface area contributed by atoms with Gasteiger partial charge in [0.2, 0.25) is 0 Å². The van der Waals surface area contributed by atoms with E-state index in [1.807, 2.05) is 0 Å². The van der Waals surface area contributed by atoms with E-state index in [1.165, 1.54) is 16.4 Å². The van der Waals surface area contributed by atoms with E-state index in [2.05, 4.69) is 14.9 Å². The van der Waals surface area contributed by atoms with Crippen molar-refractivity contribution in [1.29, 1.82) is 0 Å². The quantitative estimate of drug-likeness (QED) is 0.865. The number of aromatic nitrogens is 2. The van der Waals surface area contributed by atoms with Gasteiger partial charge < -0.3 is 0 Å². The monoisotopic (exact) mass is 264 g/mol. The molecule has 0 unspecified atom stereocenters. The van der Waals surface area contributed by atoms with Crippen LogP contribution in [0.3, 0.4) is 0 Å². The maximum atomic E-state index is 11.8. The van der Waals surface area contributed by atoms with Gasteiger partial charge in [0.05, 0.1) is 0 Å². The van der Waals surface area contributed by atoms with Crippen LogP contribution in [-0.2, 0) is 10.2 Å². The molecule has 0 aliphatic rings. The summed E-state index contributed by atoms with van der Waals surface area (Å²) >= 11 is 5.54. The molecule has 6 nitrogen and oxygen atoms in total. The first-order valence-electron chi connectivity index (χ1n) is 4.76. The summed E-state index contributed by atoms with van der Waals surface area (Å²) < 4.78 is 27.1. The van der Waals surface area contributed by atoms with Gasteiger partial charge in [-0.2, -0.15) is 12.7 Å². The van der Waals surface area contributed by atoms with Crippen molar-refractivity contribution >= 4 is 27.6 Å². The van der Waals surface area contributed by atoms with Crippen molar-refractivity contribution in [3.8, 4) is 0 Å². The highest BCUT2D eigenvalue weighted by Crippen LogP contribution is 2.09. The van der Waals surface area contributed by atoms with Crippen molar-refractivity contribution in [2.75, 3.05) is 17.8 Å². The van der Waals surface area contributed by atoms with Gasteiger partial charge in [-0.1, -0.05) is 25.4 Å². The minimum atomic E-state index is -3.55. The van der Waals surface area contributed by atoms with Crippen molar-refractivity contribution < 1.29 is 8.42 Å². The Hall–Kier alpha value is -0.920. The molecule has 90 valence electrons. The second-order valence-corrected chi connectivity index (χ2v) is 4.99. The van der Waals surface area contributed by atoms with Crippen molar-refractivity contribution in [2.24, 2.45) is 0 Å². The lowest BCUT2D eigenvalue weighted by atomic mass is 10.5. The lowest BCUT2D eigenvalue weighted by Crippen LogP contribution is -2.35. The summed E-state index contributed by atoms with van der Waals surface area (Å²) in [7, 11) is -3.55. The van der Waals surface area contributed by atoms with Crippen LogP contribution in [0, 0.1) is 0 Å². The van der Waals surface area contributed by atoms with Crippen LogP contribution in [0.1, 0.15) is 13.8 Å². The first-order valence-corrected chi connectivity index (χ1v) is 6.58. The summed E-state index contributed by atoms with van der Waals surface area (Å²) in [6, 6.07) is 2.92. The molecule has 1 rings (SSSR count). The van der Waals surface area contributed by atoms with Crippen LogP contribution in [0.15, 0.2) is 12.1 Å². The molecule has 1 N–H and O–H groups in total. The number of rotatable bonds is 5. The minimum absolute atomic E-state index is 0.149. The van der Waals surface area contributed by atoms with E-state index in [0.717, 1.165) is 0 Å². The second-order valence-electron chi connectivity index (χ2n) is 2.93. The predicted molar refractivity (Wildman–Crippen MR) is 62.5 cm³/mol. The molecule has 0 aromatic carbocycles. The fourth-order valence-electron chi connectivity index (χ4n) is 1.13. The normalized spacial score (nSPS) is 11.8. The molecule has 1 heterocycles. The average Bonchev–Trinajstić information content (AvgIpc) is 2.22. The topological polar surface area (TPSA) is 75.2 Å². The first-order chi connectivity index (χ1) is 7.49. The first kappa shape index (κ1) is 13.1. The van der Waals surface area contributed by atoms with Gasteiger partial charge in [-0.15, -0.1) is 10.2 Å². The molecule has 0 fully saturated rings. The molecule has 8 heteroatoms. The van der Waals surface area contributed by atoms with Crippen molar-refractivity contribution in [1.82, 2.24) is 14.5 Å². The van der Waals surface area contributed by atoms with Gasteiger partial charge in [0.15, 0.2) is 11.0 Å². The minimum Gasteiger partial charge on any atom is -0.253 e. The van der Waals surface area contributed by atoms with Crippen molar-refractivity contribution in [3.05, 3.63) is 17.3 Å². The van der Waals surface area contributed by atoms with Gasteiger partial charge in [0.25, 0.3) is 0 Å². The van der Waals surface area contributed by atoms with E-state index in [0.29, 0.717) is 13.1 Å². The Bertz CT molecular complexity index is 430. The third kappa shape index (κ3) is 3.29. The largest absolute Gasteiger partial charge is 0.302 e. The van der Waals surface area contributed by atoms with E-state index in [1.54, 1.807) is 13.8 Å². The zero-order valence-electron chi connectivity index (χ0n) is 9.01. The molecule has 0 atom stereocenters. The van der Waals surface area contributed by atoms with Gasteiger partial charge in [0, 0.05) is 13.1 Å². The third-order valence-electron chi connectivity index (χ3n) is 1.91. The van der Waals surface area contributed by atoms with Crippen LogP contribution < -0.4 is 4.72 Å². The molecular formula is C8H13ClN4O2S.